The average molecular weight is 203 g/mol. The lowest BCUT2D eigenvalue weighted by Crippen LogP contribution is -2.66. The molecule has 0 heterocycles. The third-order valence-corrected chi connectivity index (χ3v) is 4.15. The van der Waals surface area contributed by atoms with E-state index in [9.17, 15) is 0 Å². The topological polar surface area (TPSA) is 52.0 Å². The Morgan fingerprint density at radius 1 is 0.846 bits per heavy atom. The molecule has 4 fully saturated rings. The molecule has 0 radical (unpaired) electrons. The van der Waals surface area contributed by atoms with E-state index in [1.54, 1.807) is 0 Å². The van der Waals surface area contributed by atoms with Crippen LogP contribution >= 0.6 is 12.4 Å². The minimum atomic E-state index is 0. The lowest BCUT2D eigenvalue weighted by Gasteiger charge is -2.59. The molecule has 0 saturated heterocycles. The Kier molecular flexibility index (Phi) is 1.96. The van der Waals surface area contributed by atoms with Crippen molar-refractivity contribution in [3.63, 3.8) is 0 Å². The van der Waals surface area contributed by atoms with Crippen LogP contribution in [0, 0.1) is 11.8 Å². The second kappa shape index (κ2) is 2.62. The second-order valence-electron chi connectivity index (χ2n) is 5.69. The predicted molar refractivity (Wildman–Crippen MR) is 55.8 cm³/mol. The van der Waals surface area contributed by atoms with Gasteiger partial charge in [0.25, 0.3) is 0 Å². The summed E-state index contributed by atoms with van der Waals surface area (Å²) in [6.45, 7) is 0. The third-order valence-electron chi connectivity index (χ3n) is 4.15. The van der Waals surface area contributed by atoms with Crippen LogP contribution in [0.4, 0.5) is 0 Å². The molecule has 4 aliphatic rings. The van der Waals surface area contributed by atoms with Gasteiger partial charge >= 0.3 is 0 Å². The highest BCUT2D eigenvalue weighted by molar-refractivity contribution is 5.85. The summed E-state index contributed by atoms with van der Waals surface area (Å²) in [5.74, 6) is 1.72. The Bertz CT molecular complexity index is 195. The van der Waals surface area contributed by atoms with Crippen molar-refractivity contribution in [1.29, 1.82) is 0 Å². The summed E-state index contributed by atoms with van der Waals surface area (Å²) in [6.07, 6.45) is 7.51. The standard InChI is InChI=1S/C10H18N2.ClH/c11-9-2-7-1-8(4-9)5-10(12,3-7)6-9;/h7-8H,1-6,11-12H2;1H. The molecular formula is C10H19ClN2. The quantitative estimate of drug-likeness (QED) is 0.624. The number of hydrogen-bond acceptors (Lipinski definition) is 2. The molecule has 4 N–H and O–H groups in total. The SMILES string of the molecule is Cl.NC12CC3CC(C1)CC(N)(C3)C2. The smallest absolute Gasteiger partial charge is 0.0177 e. The summed E-state index contributed by atoms with van der Waals surface area (Å²) in [7, 11) is 0. The number of rotatable bonds is 0. The van der Waals surface area contributed by atoms with Crippen LogP contribution in [0.15, 0.2) is 0 Å². The summed E-state index contributed by atoms with van der Waals surface area (Å²) in [4.78, 5) is 0. The fourth-order valence-electron chi connectivity index (χ4n) is 4.41. The van der Waals surface area contributed by atoms with Crippen molar-refractivity contribution in [3.05, 3.63) is 0 Å². The van der Waals surface area contributed by atoms with Crippen molar-refractivity contribution < 1.29 is 0 Å². The van der Waals surface area contributed by atoms with E-state index < -0.39 is 0 Å². The summed E-state index contributed by atoms with van der Waals surface area (Å²) in [5, 5.41) is 0. The normalized spacial score (nSPS) is 57.7. The van der Waals surface area contributed by atoms with E-state index in [0.29, 0.717) is 0 Å². The van der Waals surface area contributed by atoms with Crippen molar-refractivity contribution in [3.8, 4) is 0 Å². The van der Waals surface area contributed by atoms with Gasteiger partial charge in [0.05, 0.1) is 0 Å². The maximum absolute atomic E-state index is 6.33. The number of hydrogen-bond donors (Lipinski definition) is 2. The molecule has 4 aliphatic carbocycles. The maximum atomic E-state index is 6.33. The molecule has 0 spiro atoms. The van der Waals surface area contributed by atoms with Crippen LogP contribution in [0.5, 0.6) is 0 Å². The van der Waals surface area contributed by atoms with E-state index in [4.69, 9.17) is 11.5 Å². The van der Waals surface area contributed by atoms with Gasteiger partial charge in [0.15, 0.2) is 0 Å². The van der Waals surface area contributed by atoms with Crippen molar-refractivity contribution in [2.75, 3.05) is 0 Å². The van der Waals surface area contributed by atoms with Crippen molar-refractivity contribution >= 4 is 12.4 Å². The monoisotopic (exact) mass is 202 g/mol. The zero-order chi connectivity index (χ0) is 8.40. The van der Waals surface area contributed by atoms with Crippen LogP contribution < -0.4 is 11.5 Å². The molecule has 2 nitrogen and oxygen atoms in total. The molecule has 3 heteroatoms. The van der Waals surface area contributed by atoms with Gasteiger partial charge in [0.2, 0.25) is 0 Å². The molecule has 0 aromatic heterocycles. The van der Waals surface area contributed by atoms with Gasteiger partial charge in [-0.2, -0.15) is 0 Å². The van der Waals surface area contributed by atoms with Crippen LogP contribution in [-0.2, 0) is 0 Å². The van der Waals surface area contributed by atoms with Gasteiger partial charge in [-0.05, 0) is 50.4 Å². The van der Waals surface area contributed by atoms with Gasteiger partial charge in [0, 0.05) is 11.1 Å². The summed E-state index contributed by atoms with van der Waals surface area (Å²) in [6, 6.07) is 0. The van der Waals surface area contributed by atoms with Gasteiger partial charge in [-0.1, -0.05) is 0 Å². The minimum Gasteiger partial charge on any atom is -0.325 e. The zero-order valence-electron chi connectivity index (χ0n) is 7.96. The Hall–Kier alpha value is 0.210. The first kappa shape index (κ1) is 9.75. The van der Waals surface area contributed by atoms with Gasteiger partial charge in [-0.3, -0.25) is 0 Å². The first-order valence-corrected chi connectivity index (χ1v) is 5.15. The predicted octanol–water partition coefficient (Wildman–Crippen LogP) is 1.42. The zero-order valence-corrected chi connectivity index (χ0v) is 8.78. The van der Waals surface area contributed by atoms with Crippen LogP contribution in [0.25, 0.3) is 0 Å². The third kappa shape index (κ3) is 1.39. The Balaban J connectivity index is 0.000000653. The lowest BCUT2D eigenvalue weighted by molar-refractivity contribution is -0.0173. The van der Waals surface area contributed by atoms with Gasteiger partial charge < -0.3 is 11.5 Å². The molecule has 76 valence electrons. The van der Waals surface area contributed by atoms with E-state index in [1.807, 2.05) is 0 Å². The van der Waals surface area contributed by atoms with Crippen LogP contribution in [-0.4, -0.2) is 11.1 Å². The van der Waals surface area contributed by atoms with Crippen LogP contribution in [0.3, 0.4) is 0 Å². The van der Waals surface area contributed by atoms with Crippen LogP contribution in [0.2, 0.25) is 0 Å². The Morgan fingerprint density at radius 2 is 1.23 bits per heavy atom. The van der Waals surface area contributed by atoms with E-state index in [1.165, 1.54) is 32.1 Å². The molecule has 13 heavy (non-hydrogen) atoms. The lowest BCUT2D eigenvalue weighted by atomic mass is 9.50. The Morgan fingerprint density at radius 3 is 1.54 bits per heavy atom. The second-order valence-corrected chi connectivity index (χ2v) is 5.69. The molecule has 0 aliphatic heterocycles. The molecule has 0 unspecified atom stereocenters. The van der Waals surface area contributed by atoms with Crippen LogP contribution in [0.1, 0.15) is 38.5 Å². The highest BCUT2D eigenvalue weighted by Gasteiger charge is 2.54. The van der Waals surface area contributed by atoms with E-state index in [0.717, 1.165) is 18.3 Å². The largest absolute Gasteiger partial charge is 0.325 e. The molecular weight excluding hydrogens is 184 g/mol. The van der Waals surface area contributed by atoms with Crippen molar-refractivity contribution in [2.24, 2.45) is 23.3 Å². The van der Waals surface area contributed by atoms with Gasteiger partial charge in [-0.15, -0.1) is 12.4 Å². The molecule has 4 rings (SSSR count). The van der Waals surface area contributed by atoms with Gasteiger partial charge in [0.1, 0.15) is 0 Å². The van der Waals surface area contributed by atoms with E-state index in [2.05, 4.69) is 0 Å². The first-order chi connectivity index (χ1) is 5.57. The summed E-state index contributed by atoms with van der Waals surface area (Å²) in [5.41, 5.74) is 12.9. The molecule has 0 aromatic rings. The van der Waals surface area contributed by atoms with Gasteiger partial charge in [-0.25, -0.2) is 0 Å². The number of halogens is 1. The first-order valence-electron chi connectivity index (χ1n) is 5.15. The minimum absolute atomic E-state index is 0. The fourth-order valence-corrected chi connectivity index (χ4v) is 4.41. The highest BCUT2D eigenvalue weighted by atomic mass is 35.5. The average Bonchev–Trinajstić information content (AvgIpc) is 1.75. The molecule has 4 saturated carbocycles. The summed E-state index contributed by atoms with van der Waals surface area (Å²) < 4.78 is 0. The van der Waals surface area contributed by atoms with Crippen molar-refractivity contribution in [2.45, 2.75) is 49.6 Å². The highest BCUT2D eigenvalue weighted by Crippen LogP contribution is 2.55. The molecule has 4 bridgehead atoms. The maximum Gasteiger partial charge on any atom is 0.0177 e. The molecule has 0 atom stereocenters. The molecule has 0 aromatic carbocycles. The molecule has 0 amide bonds. The van der Waals surface area contributed by atoms with Crippen molar-refractivity contribution in [1.82, 2.24) is 0 Å². The van der Waals surface area contributed by atoms with E-state index in [-0.39, 0.29) is 23.5 Å². The number of nitrogens with two attached hydrogens (primary N) is 2. The Labute approximate surface area is 85.8 Å². The van der Waals surface area contributed by atoms with E-state index >= 15 is 0 Å². The fraction of sp³-hybridized carbons (Fsp3) is 1.00. The summed E-state index contributed by atoms with van der Waals surface area (Å²) >= 11 is 0.